The number of fused-ring (bicyclic) bond motifs is 3. The quantitative estimate of drug-likeness (QED) is 0.247. The van der Waals surface area contributed by atoms with Gasteiger partial charge in [-0.2, -0.15) is 0 Å². The minimum absolute atomic E-state index is 0.0536. The molecule has 0 spiro atoms. The molecule has 4 heteroatoms. The van der Waals surface area contributed by atoms with Crippen molar-refractivity contribution in [1.82, 2.24) is 9.38 Å². The summed E-state index contributed by atoms with van der Waals surface area (Å²) in [5, 5.41) is 5.56. The van der Waals surface area contributed by atoms with Crippen LogP contribution in [0.2, 0.25) is 0 Å². The Bertz CT molecular complexity index is 1590. The van der Waals surface area contributed by atoms with Crippen LogP contribution in [-0.2, 0) is 0 Å². The number of nitrogens with zero attached hydrogens (tertiary/aromatic N) is 2. The summed E-state index contributed by atoms with van der Waals surface area (Å²) in [5.41, 5.74) is 2.40. The second kappa shape index (κ2) is 6.99. The first-order chi connectivity index (χ1) is 14.7. The number of pyridine rings is 1. The highest BCUT2D eigenvalue weighted by Gasteiger charge is 2.17. The highest BCUT2D eigenvalue weighted by Crippen LogP contribution is 2.35. The van der Waals surface area contributed by atoms with Gasteiger partial charge in [-0.25, -0.2) is 4.98 Å². The van der Waals surface area contributed by atoms with Crippen LogP contribution in [-0.4, -0.2) is 16.5 Å². The zero-order valence-corrected chi connectivity index (χ0v) is 17.3. The lowest BCUT2D eigenvalue weighted by Crippen LogP contribution is -2.16. The molecule has 0 radical (unpaired) electrons. The summed E-state index contributed by atoms with van der Waals surface area (Å²) in [6.45, 7) is 4.25. The smallest absolute Gasteiger partial charge is 0.264 e. The van der Waals surface area contributed by atoms with Crippen LogP contribution in [0.15, 0.2) is 71.5 Å². The highest BCUT2D eigenvalue weighted by atomic mass is 16.5. The highest BCUT2D eigenvalue weighted by molar-refractivity contribution is 6.18. The van der Waals surface area contributed by atoms with E-state index in [1.54, 1.807) is 11.5 Å². The second-order valence-electron chi connectivity index (χ2n) is 7.48. The van der Waals surface area contributed by atoms with Crippen molar-refractivity contribution in [2.24, 2.45) is 0 Å². The van der Waals surface area contributed by atoms with Crippen molar-refractivity contribution in [3.05, 3.63) is 77.1 Å². The first kappa shape index (κ1) is 18.4. The fourth-order valence-electron chi connectivity index (χ4n) is 4.29. The number of ether oxygens (including phenoxy) is 1. The predicted molar refractivity (Wildman–Crippen MR) is 125 cm³/mol. The summed E-state index contributed by atoms with van der Waals surface area (Å²) in [6.07, 6.45) is 1.25. The largest absolute Gasteiger partial charge is 0.496 e. The van der Waals surface area contributed by atoms with Crippen LogP contribution in [0.5, 0.6) is 5.75 Å². The van der Waals surface area contributed by atoms with Gasteiger partial charge in [-0.05, 0) is 29.7 Å². The molecular formula is C26H22N2O2. The molecule has 4 nitrogen and oxygen atoms in total. The maximum Gasteiger partial charge on any atom is 0.264 e. The van der Waals surface area contributed by atoms with Crippen molar-refractivity contribution in [3.8, 4) is 5.75 Å². The van der Waals surface area contributed by atoms with Crippen LogP contribution in [0.25, 0.3) is 49.0 Å². The normalized spacial score (nSPS) is 11.4. The van der Waals surface area contributed by atoms with Crippen LogP contribution in [0.3, 0.4) is 0 Å². The standard InChI is InChI=1S/C23H14N2O2.C3H8/c1-27-19-12-11-16-21-14(19)7-4-8-15(21)22-24-17-9-2-5-13-6-3-10-18(20(13)17)25(22)23(16)26;1-3-2/h2-12H,1H3;3H2,1-2H3. The van der Waals surface area contributed by atoms with Crippen LogP contribution >= 0.6 is 0 Å². The Morgan fingerprint density at radius 3 is 2.30 bits per heavy atom. The molecule has 0 saturated heterocycles. The molecule has 0 fully saturated rings. The summed E-state index contributed by atoms with van der Waals surface area (Å²) in [7, 11) is 1.65. The van der Waals surface area contributed by atoms with Gasteiger partial charge in [-0.3, -0.25) is 9.20 Å². The number of methoxy groups -OCH3 is 1. The molecule has 30 heavy (non-hydrogen) atoms. The number of hydrogen-bond acceptors (Lipinski definition) is 3. The van der Waals surface area contributed by atoms with Crippen molar-refractivity contribution in [2.45, 2.75) is 20.3 Å². The minimum Gasteiger partial charge on any atom is -0.496 e. The third kappa shape index (κ3) is 2.47. The molecule has 148 valence electrons. The van der Waals surface area contributed by atoms with Gasteiger partial charge in [-0.15, -0.1) is 0 Å². The van der Waals surface area contributed by atoms with E-state index in [2.05, 4.69) is 26.0 Å². The molecule has 0 amide bonds. The maximum absolute atomic E-state index is 13.5. The van der Waals surface area contributed by atoms with Gasteiger partial charge in [0.25, 0.3) is 5.56 Å². The molecule has 2 aromatic heterocycles. The van der Waals surface area contributed by atoms with Crippen LogP contribution in [0.4, 0.5) is 0 Å². The van der Waals surface area contributed by atoms with Crippen molar-refractivity contribution < 1.29 is 4.74 Å². The van der Waals surface area contributed by atoms with E-state index in [-0.39, 0.29) is 5.56 Å². The Morgan fingerprint density at radius 2 is 1.53 bits per heavy atom. The average molecular weight is 394 g/mol. The second-order valence-corrected chi connectivity index (χ2v) is 7.48. The Hall–Kier alpha value is -3.66. The van der Waals surface area contributed by atoms with Crippen molar-refractivity contribution >= 4 is 49.0 Å². The summed E-state index contributed by atoms with van der Waals surface area (Å²) in [6, 6.07) is 21.8. The SMILES string of the molecule is CCC.COc1ccc2c(=O)n3c4cccc5cccc(nc3c3cccc1c23)c54. The number of benzene rings is 4. The van der Waals surface area contributed by atoms with Crippen LogP contribution in [0, 0.1) is 0 Å². The van der Waals surface area contributed by atoms with Crippen LogP contribution in [0.1, 0.15) is 20.3 Å². The van der Waals surface area contributed by atoms with E-state index in [1.165, 1.54) is 6.42 Å². The summed E-state index contributed by atoms with van der Waals surface area (Å²) in [4.78, 5) is 18.4. The Kier molecular flexibility index (Phi) is 4.28. The van der Waals surface area contributed by atoms with Gasteiger partial charge < -0.3 is 4.74 Å². The van der Waals surface area contributed by atoms with Gasteiger partial charge in [0.15, 0.2) is 0 Å². The summed E-state index contributed by atoms with van der Waals surface area (Å²) in [5.74, 6) is 0.760. The Morgan fingerprint density at radius 1 is 0.833 bits per heavy atom. The predicted octanol–water partition coefficient (Wildman–Crippen LogP) is 6.17. The van der Waals surface area contributed by atoms with Crippen molar-refractivity contribution in [1.29, 1.82) is 0 Å². The van der Waals surface area contributed by atoms with Crippen molar-refractivity contribution in [2.75, 3.05) is 7.11 Å². The molecule has 0 unspecified atom stereocenters. The molecule has 0 aliphatic carbocycles. The first-order valence-electron chi connectivity index (χ1n) is 10.2. The van der Waals surface area contributed by atoms with Gasteiger partial charge in [0.1, 0.15) is 11.4 Å². The molecule has 0 aliphatic rings. The molecule has 6 aromatic rings. The van der Waals surface area contributed by atoms with Gasteiger partial charge in [-0.1, -0.05) is 62.7 Å². The molecule has 0 aliphatic heterocycles. The third-order valence-corrected chi connectivity index (χ3v) is 5.43. The number of rotatable bonds is 1. The van der Waals surface area contributed by atoms with Gasteiger partial charge in [0.2, 0.25) is 0 Å². The van der Waals surface area contributed by atoms with E-state index >= 15 is 0 Å². The third-order valence-electron chi connectivity index (χ3n) is 5.43. The van der Waals surface area contributed by atoms with E-state index in [9.17, 15) is 4.79 Å². The molecule has 0 N–H and O–H groups in total. The zero-order chi connectivity index (χ0) is 20.8. The monoisotopic (exact) mass is 394 g/mol. The van der Waals surface area contributed by atoms with E-state index in [0.717, 1.165) is 43.7 Å². The summed E-state index contributed by atoms with van der Waals surface area (Å²) >= 11 is 0. The molecule has 0 bridgehead atoms. The number of hydrogen-bond donors (Lipinski definition) is 0. The summed E-state index contributed by atoms with van der Waals surface area (Å²) < 4.78 is 7.26. The topological polar surface area (TPSA) is 43.6 Å². The number of aromatic nitrogens is 2. The Balaban J connectivity index is 0.000000609. The lowest BCUT2D eigenvalue weighted by molar-refractivity contribution is 0.420. The van der Waals surface area contributed by atoms with Crippen molar-refractivity contribution in [3.63, 3.8) is 0 Å². The fourth-order valence-corrected chi connectivity index (χ4v) is 4.29. The van der Waals surface area contributed by atoms with E-state index in [4.69, 9.17) is 9.72 Å². The van der Waals surface area contributed by atoms with E-state index < -0.39 is 0 Å². The maximum atomic E-state index is 13.5. The van der Waals surface area contributed by atoms with Gasteiger partial charge >= 0.3 is 0 Å². The van der Waals surface area contributed by atoms with E-state index in [1.807, 2.05) is 54.6 Å². The van der Waals surface area contributed by atoms with Gasteiger partial charge in [0, 0.05) is 26.9 Å². The molecule has 0 saturated carbocycles. The zero-order valence-electron chi connectivity index (χ0n) is 17.3. The molecule has 4 aromatic carbocycles. The fraction of sp³-hybridized carbons (Fsp3) is 0.154. The molecule has 6 rings (SSSR count). The van der Waals surface area contributed by atoms with Crippen LogP contribution < -0.4 is 10.3 Å². The average Bonchev–Trinajstić information content (AvgIpc) is 2.78. The lowest BCUT2D eigenvalue weighted by atomic mass is 10.0. The molecule has 0 atom stereocenters. The van der Waals surface area contributed by atoms with E-state index in [0.29, 0.717) is 11.0 Å². The minimum atomic E-state index is -0.0536. The molecule has 2 heterocycles. The lowest BCUT2D eigenvalue weighted by Gasteiger charge is -2.15. The first-order valence-corrected chi connectivity index (χ1v) is 10.2. The van der Waals surface area contributed by atoms with Gasteiger partial charge in [0.05, 0.1) is 18.1 Å². The molecular weight excluding hydrogens is 372 g/mol. The Labute approximate surface area is 173 Å².